The van der Waals surface area contributed by atoms with Gasteiger partial charge in [-0.15, -0.1) is 0 Å². The number of nitrogens with one attached hydrogen (secondary N) is 1. The molecule has 0 unspecified atom stereocenters. The fourth-order valence-corrected chi connectivity index (χ4v) is 2.27. The molecule has 132 valence electrons. The molecule has 1 aliphatic rings. The molecule has 1 saturated carbocycles. The maximum absolute atomic E-state index is 12.5. The highest BCUT2D eigenvalue weighted by atomic mass is 16.5. The molecule has 0 spiro atoms. The maximum Gasteiger partial charge on any atom is 0.325 e. The van der Waals surface area contributed by atoms with E-state index in [2.05, 4.69) is 10.4 Å². The molecule has 0 radical (unpaired) electrons. The summed E-state index contributed by atoms with van der Waals surface area (Å²) in [6, 6.07) is 6.53. The predicted octanol–water partition coefficient (Wildman–Crippen LogP) is 2.02. The van der Waals surface area contributed by atoms with E-state index in [0.717, 1.165) is 12.8 Å². The molecule has 1 aromatic heterocycles. The van der Waals surface area contributed by atoms with Gasteiger partial charge in [0.05, 0.1) is 19.3 Å². The molecule has 25 heavy (non-hydrogen) atoms. The Balaban J connectivity index is 1.73. The number of hydrogen-bond acceptors (Lipinski definition) is 5. The minimum absolute atomic E-state index is 0.270. The molecule has 8 nitrogen and oxygen atoms in total. The van der Waals surface area contributed by atoms with Gasteiger partial charge in [-0.2, -0.15) is 5.10 Å². The zero-order valence-electron chi connectivity index (χ0n) is 13.8. The molecule has 1 amide bonds. The van der Waals surface area contributed by atoms with Crippen LogP contribution in [0.2, 0.25) is 0 Å². The lowest BCUT2D eigenvalue weighted by Crippen LogP contribution is -2.15. The first-order valence-corrected chi connectivity index (χ1v) is 7.92. The van der Waals surface area contributed by atoms with Crippen LogP contribution >= 0.6 is 0 Å². The SMILES string of the molecule is COc1ccc(C(=O)Nc2ccn(CC(=O)O)n2)c(OCC2CC2)c1. The number of amides is 1. The Labute approximate surface area is 144 Å². The van der Waals surface area contributed by atoms with Crippen LogP contribution in [0.25, 0.3) is 0 Å². The van der Waals surface area contributed by atoms with Gasteiger partial charge < -0.3 is 19.9 Å². The van der Waals surface area contributed by atoms with Crippen molar-refractivity contribution in [2.24, 2.45) is 5.92 Å². The van der Waals surface area contributed by atoms with Gasteiger partial charge in [-0.3, -0.25) is 14.3 Å². The molecule has 2 aromatic rings. The minimum Gasteiger partial charge on any atom is -0.497 e. The highest BCUT2D eigenvalue weighted by Gasteiger charge is 2.23. The number of aromatic nitrogens is 2. The number of rotatable bonds is 8. The lowest BCUT2D eigenvalue weighted by atomic mass is 10.1. The molecular weight excluding hydrogens is 326 g/mol. The summed E-state index contributed by atoms with van der Waals surface area (Å²) in [5, 5.41) is 15.4. The monoisotopic (exact) mass is 345 g/mol. The quantitative estimate of drug-likeness (QED) is 0.759. The van der Waals surface area contributed by atoms with Gasteiger partial charge in [0.25, 0.3) is 5.91 Å². The van der Waals surface area contributed by atoms with Crippen molar-refractivity contribution in [1.29, 1.82) is 0 Å². The van der Waals surface area contributed by atoms with Gasteiger partial charge >= 0.3 is 5.97 Å². The molecule has 0 aliphatic heterocycles. The summed E-state index contributed by atoms with van der Waals surface area (Å²) in [5.74, 6) is 0.492. The van der Waals surface area contributed by atoms with Gasteiger partial charge in [0, 0.05) is 18.3 Å². The van der Waals surface area contributed by atoms with Crippen LogP contribution in [-0.2, 0) is 11.3 Å². The van der Waals surface area contributed by atoms with E-state index in [0.29, 0.717) is 29.6 Å². The van der Waals surface area contributed by atoms with E-state index in [-0.39, 0.29) is 18.3 Å². The van der Waals surface area contributed by atoms with Crippen molar-refractivity contribution >= 4 is 17.7 Å². The van der Waals surface area contributed by atoms with E-state index in [1.54, 1.807) is 25.3 Å². The van der Waals surface area contributed by atoms with E-state index in [1.807, 2.05) is 0 Å². The average Bonchev–Trinajstić information content (AvgIpc) is 3.32. The van der Waals surface area contributed by atoms with Crippen molar-refractivity contribution in [3.8, 4) is 11.5 Å². The van der Waals surface area contributed by atoms with Gasteiger partial charge in [0.2, 0.25) is 0 Å². The summed E-state index contributed by atoms with van der Waals surface area (Å²) in [5.41, 5.74) is 0.370. The Morgan fingerprint density at radius 2 is 2.16 bits per heavy atom. The van der Waals surface area contributed by atoms with Crippen molar-refractivity contribution in [3.05, 3.63) is 36.0 Å². The highest BCUT2D eigenvalue weighted by Crippen LogP contribution is 2.32. The number of nitrogens with zero attached hydrogens (tertiary/aromatic N) is 2. The van der Waals surface area contributed by atoms with Crippen LogP contribution < -0.4 is 14.8 Å². The number of carboxylic acids is 1. The summed E-state index contributed by atoms with van der Waals surface area (Å²) in [7, 11) is 1.55. The van der Waals surface area contributed by atoms with Crippen molar-refractivity contribution in [3.63, 3.8) is 0 Å². The van der Waals surface area contributed by atoms with Gasteiger partial charge in [0.15, 0.2) is 5.82 Å². The van der Waals surface area contributed by atoms with Crippen LogP contribution in [0.4, 0.5) is 5.82 Å². The Morgan fingerprint density at radius 1 is 1.36 bits per heavy atom. The van der Waals surface area contributed by atoms with Crippen molar-refractivity contribution in [1.82, 2.24) is 9.78 Å². The summed E-state index contributed by atoms with van der Waals surface area (Å²) in [6.07, 6.45) is 3.78. The molecular formula is C17H19N3O5. The number of carboxylic acid groups (broad SMARTS) is 1. The van der Waals surface area contributed by atoms with E-state index >= 15 is 0 Å². The Hall–Kier alpha value is -3.03. The number of hydrogen-bond donors (Lipinski definition) is 2. The third-order valence-corrected chi connectivity index (χ3v) is 3.78. The first kappa shape index (κ1) is 16.8. The lowest BCUT2D eigenvalue weighted by molar-refractivity contribution is -0.137. The zero-order chi connectivity index (χ0) is 17.8. The topological polar surface area (TPSA) is 103 Å². The fraction of sp³-hybridized carbons (Fsp3) is 0.353. The summed E-state index contributed by atoms with van der Waals surface area (Å²) in [4.78, 5) is 23.2. The standard InChI is InChI=1S/C17H19N3O5/c1-24-12-4-5-13(14(8-12)25-10-11-2-3-11)17(23)18-15-6-7-20(19-15)9-16(21)22/h4-8,11H,2-3,9-10H2,1H3,(H,21,22)(H,18,19,23). The molecule has 2 N–H and O–H groups in total. The van der Waals surface area contributed by atoms with Crippen LogP contribution in [0, 0.1) is 5.92 Å². The van der Waals surface area contributed by atoms with Crippen LogP contribution in [0.5, 0.6) is 11.5 Å². The van der Waals surface area contributed by atoms with Crippen molar-refractivity contribution in [2.45, 2.75) is 19.4 Å². The highest BCUT2D eigenvalue weighted by molar-refractivity contribution is 6.05. The molecule has 1 fully saturated rings. The van der Waals surface area contributed by atoms with Crippen molar-refractivity contribution in [2.75, 3.05) is 19.0 Å². The Kier molecular flexibility index (Phi) is 4.87. The van der Waals surface area contributed by atoms with Crippen LogP contribution in [0.3, 0.4) is 0 Å². The second kappa shape index (κ2) is 7.25. The number of anilines is 1. The number of carbonyl (C=O) groups excluding carboxylic acids is 1. The summed E-state index contributed by atoms with van der Waals surface area (Å²) in [6.45, 7) is 0.300. The summed E-state index contributed by atoms with van der Waals surface area (Å²) >= 11 is 0. The van der Waals surface area contributed by atoms with E-state index in [4.69, 9.17) is 14.6 Å². The maximum atomic E-state index is 12.5. The summed E-state index contributed by atoms with van der Waals surface area (Å²) < 4.78 is 12.2. The lowest BCUT2D eigenvalue weighted by Gasteiger charge is -2.12. The van der Waals surface area contributed by atoms with Crippen LogP contribution in [0.15, 0.2) is 30.5 Å². The average molecular weight is 345 g/mol. The van der Waals surface area contributed by atoms with Gasteiger partial charge in [-0.1, -0.05) is 0 Å². The third-order valence-electron chi connectivity index (χ3n) is 3.78. The van der Waals surface area contributed by atoms with Gasteiger partial charge in [-0.25, -0.2) is 0 Å². The third kappa shape index (κ3) is 4.50. The second-order valence-corrected chi connectivity index (χ2v) is 5.86. The number of aliphatic carboxylic acids is 1. The smallest absolute Gasteiger partial charge is 0.325 e. The Morgan fingerprint density at radius 3 is 2.84 bits per heavy atom. The van der Waals surface area contributed by atoms with E-state index in [1.165, 1.54) is 16.9 Å². The first-order chi connectivity index (χ1) is 12.0. The molecule has 1 aromatic carbocycles. The minimum atomic E-state index is -1.01. The molecule has 0 bridgehead atoms. The van der Waals surface area contributed by atoms with E-state index in [9.17, 15) is 9.59 Å². The number of benzene rings is 1. The van der Waals surface area contributed by atoms with Crippen molar-refractivity contribution < 1.29 is 24.2 Å². The second-order valence-electron chi connectivity index (χ2n) is 5.86. The zero-order valence-corrected chi connectivity index (χ0v) is 13.8. The van der Waals surface area contributed by atoms with Crippen LogP contribution in [0.1, 0.15) is 23.2 Å². The molecule has 1 heterocycles. The van der Waals surface area contributed by atoms with E-state index < -0.39 is 5.97 Å². The Bertz CT molecular complexity index is 782. The normalized spacial score (nSPS) is 13.3. The first-order valence-electron chi connectivity index (χ1n) is 7.92. The number of ether oxygens (including phenoxy) is 2. The number of carbonyl (C=O) groups is 2. The molecule has 1 aliphatic carbocycles. The molecule has 0 saturated heterocycles. The largest absolute Gasteiger partial charge is 0.497 e. The fourth-order valence-electron chi connectivity index (χ4n) is 2.27. The molecule has 0 atom stereocenters. The molecule has 8 heteroatoms. The predicted molar refractivity (Wildman–Crippen MR) is 89.0 cm³/mol. The van der Waals surface area contributed by atoms with Crippen LogP contribution in [-0.4, -0.2) is 40.5 Å². The van der Waals surface area contributed by atoms with Gasteiger partial charge in [-0.05, 0) is 30.9 Å². The molecule has 3 rings (SSSR count). The number of methoxy groups -OCH3 is 1. The van der Waals surface area contributed by atoms with Gasteiger partial charge in [0.1, 0.15) is 18.0 Å².